The minimum absolute atomic E-state index is 0.0635. The van der Waals surface area contributed by atoms with Crippen molar-refractivity contribution >= 4 is 17.7 Å². The number of hydrogen-bond acceptors (Lipinski definition) is 5. The molecule has 0 bridgehead atoms. The Bertz CT molecular complexity index is 1230. The highest BCUT2D eigenvalue weighted by molar-refractivity contribution is 7.99. The summed E-state index contributed by atoms with van der Waals surface area (Å²) in [4.78, 5) is 12.5. The number of rotatable bonds is 8. The van der Waals surface area contributed by atoms with E-state index in [1.54, 1.807) is 7.11 Å². The molecular weight excluding hydrogens is 432 g/mol. The monoisotopic (exact) mass is 458 g/mol. The number of aryl methyl sites for hydroxylation is 2. The lowest BCUT2D eigenvalue weighted by atomic mass is 10.1. The van der Waals surface area contributed by atoms with Crippen LogP contribution in [0.4, 0.5) is 0 Å². The molecular formula is C26H26N4O2S. The van der Waals surface area contributed by atoms with Gasteiger partial charge in [-0.1, -0.05) is 65.4 Å². The van der Waals surface area contributed by atoms with Gasteiger partial charge in [-0.25, -0.2) is 0 Å². The third-order valence-electron chi connectivity index (χ3n) is 5.18. The van der Waals surface area contributed by atoms with Crippen molar-refractivity contribution in [2.45, 2.75) is 25.5 Å². The zero-order valence-electron chi connectivity index (χ0n) is 18.9. The number of benzene rings is 3. The van der Waals surface area contributed by atoms with Gasteiger partial charge in [0.1, 0.15) is 5.75 Å². The Morgan fingerprint density at radius 2 is 1.73 bits per heavy atom. The highest BCUT2D eigenvalue weighted by Gasteiger charge is 2.17. The van der Waals surface area contributed by atoms with E-state index in [1.807, 2.05) is 53.1 Å². The molecule has 0 aliphatic rings. The number of thioether (sulfide) groups is 1. The van der Waals surface area contributed by atoms with Crippen LogP contribution in [-0.2, 0) is 11.3 Å². The maximum atomic E-state index is 12.5. The molecule has 0 saturated carbocycles. The molecule has 3 aromatic carbocycles. The summed E-state index contributed by atoms with van der Waals surface area (Å²) in [6, 6.07) is 24.0. The Morgan fingerprint density at radius 1 is 0.970 bits per heavy atom. The molecule has 168 valence electrons. The first-order valence-electron chi connectivity index (χ1n) is 10.7. The van der Waals surface area contributed by atoms with Crippen molar-refractivity contribution in [3.63, 3.8) is 0 Å². The number of nitrogens with one attached hydrogen (secondary N) is 1. The zero-order chi connectivity index (χ0) is 23.2. The molecule has 6 nitrogen and oxygen atoms in total. The van der Waals surface area contributed by atoms with Crippen molar-refractivity contribution in [1.29, 1.82) is 0 Å². The topological polar surface area (TPSA) is 69.0 Å². The summed E-state index contributed by atoms with van der Waals surface area (Å²) in [5.74, 6) is 1.73. The number of nitrogens with zero attached hydrogens (tertiary/aromatic N) is 3. The van der Waals surface area contributed by atoms with Gasteiger partial charge < -0.3 is 10.1 Å². The van der Waals surface area contributed by atoms with Crippen LogP contribution in [0.3, 0.4) is 0 Å². The van der Waals surface area contributed by atoms with E-state index >= 15 is 0 Å². The van der Waals surface area contributed by atoms with E-state index in [1.165, 1.54) is 17.3 Å². The Balaban J connectivity index is 1.50. The van der Waals surface area contributed by atoms with Crippen molar-refractivity contribution in [2.24, 2.45) is 0 Å². The predicted octanol–water partition coefficient (Wildman–Crippen LogP) is 4.97. The van der Waals surface area contributed by atoms with Gasteiger partial charge in [0, 0.05) is 17.8 Å². The van der Waals surface area contributed by atoms with E-state index in [9.17, 15) is 4.79 Å². The molecule has 0 aliphatic carbocycles. The molecule has 0 saturated heterocycles. The molecule has 1 N–H and O–H groups in total. The van der Waals surface area contributed by atoms with E-state index < -0.39 is 0 Å². The van der Waals surface area contributed by atoms with E-state index in [0.29, 0.717) is 11.7 Å². The first kappa shape index (κ1) is 22.6. The van der Waals surface area contributed by atoms with E-state index in [0.717, 1.165) is 34.0 Å². The average Bonchev–Trinajstić information content (AvgIpc) is 3.26. The minimum atomic E-state index is -0.0635. The lowest BCUT2D eigenvalue weighted by molar-refractivity contribution is -0.118. The zero-order valence-corrected chi connectivity index (χ0v) is 19.7. The maximum absolute atomic E-state index is 12.5. The first-order valence-corrected chi connectivity index (χ1v) is 11.6. The second-order valence-corrected chi connectivity index (χ2v) is 8.70. The van der Waals surface area contributed by atoms with Crippen molar-refractivity contribution in [1.82, 2.24) is 20.1 Å². The SMILES string of the molecule is COc1ccc(CNC(=O)CSc2nnc(-c3cccc(C)c3)n2-c2ccc(C)cc2)cc1. The van der Waals surface area contributed by atoms with Gasteiger partial charge in [-0.05, 0) is 49.7 Å². The minimum Gasteiger partial charge on any atom is -0.497 e. The molecule has 4 rings (SSSR count). The fraction of sp³-hybridized carbons (Fsp3) is 0.192. The standard InChI is InChI=1S/C26H26N4O2S/c1-18-7-11-22(12-8-18)30-25(21-6-4-5-19(2)15-21)28-29-26(30)33-17-24(31)27-16-20-9-13-23(32-3)14-10-20/h4-15H,16-17H2,1-3H3,(H,27,31). The second-order valence-electron chi connectivity index (χ2n) is 7.76. The van der Waals surface area contributed by atoms with Crippen molar-refractivity contribution < 1.29 is 9.53 Å². The van der Waals surface area contributed by atoms with Crippen LogP contribution in [-0.4, -0.2) is 33.5 Å². The molecule has 1 amide bonds. The summed E-state index contributed by atoms with van der Waals surface area (Å²) in [5, 5.41) is 12.5. The van der Waals surface area contributed by atoms with E-state index in [4.69, 9.17) is 4.74 Å². The van der Waals surface area contributed by atoms with Crippen molar-refractivity contribution in [3.05, 3.63) is 89.5 Å². The number of amides is 1. The van der Waals surface area contributed by atoms with Crippen LogP contribution in [0.1, 0.15) is 16.7 Å². The summed E-state index contributed by atoms with van der Waals surface area (Å²) < 4.78 is 7.18. The number of carbonyl (C=O) groups excluding carboxylic acids is 1. The smallest absolute Gasteiger partial charge is 0.230 e. The Labute approximate surface area is 198 Å². The molecule has 7 heteroatoms. The summed E-state index contributed by atoms with van der Waals surface area (Å²) in [6.45, 7) is 4.57. The normalized spacial score (nSPS) is 10.8. The van der Waals surface area contributed by atoms with Gasteiger partial charge in [-0.15, -0.1) is 10.2 Å². The molecule has 0 fully saturated rings. The van der Waals surface area contributed by atoms with Gasteiger partial charge >= 0.3 is 0 Å². The molecule has 1 heterocycles. The van der Waals surface area contributed by atoms with Crippen LogP contribution in [0.15, 0.2) is 78.0 Å². The summed E-state index contributed by atoms with van der Waals surface area (Å²) in [7, 11) is 1.63. The Morgan fingerprint density at radius 3 is 2.42 bits per heavy atom. The van der Waals surface area contributed by atoms with Gasteiger partial charge in [0.25, 0.3) is 0 Å². The molecule has 1 aromatic heterocycles. The van der Waals surface area contributed by atoms with Gasteiger partial charge in [0.2, 0.25) is 5.91 Å². The Hall–Kier alpha value is -3.58. The largest absolute Gasteiger partial charge is 0.497 e. The van der Waals surface area contributed by atoms with Crippen LogP contribution in [0.5, 0.6) is 5.75 Å². The fourth-order valence-electron chi connectivity index (χ4n) is 3.39. The highest BCUT2D eigenvalue weighted by atomic mass is 32.2. The highest BCUT2D eigenvalue weighted by Crippen LogP contribution is 2.28. The van der Waals surface area contributed by atoms with Crippen molar-refractivity contribution in [2.75, 3.05) is 12.9 Å². The molecule has 0 unspecified atom stereocenters. The molecule has 33 heavy (non-hydrogen) atoms. The van der Waals surface area contributed by atoms with Gasteiger partial charge in [0.15, 0.2) is 11.0 Å². The van der Waals surface area contributed by atoms with Crippen LogP contribution in [0, 0.1) is 13.8 Å². The third kappa shape index (κ3) is 5.62. The van der Waals surface area contributed by atoms with Gasteiger partial charge in [0.05, 0.1) is 12.9 Å². The summed E-state index contributed by atoms with van der Waals surface area (Å²) >= 11 is 1.37. The lowest BCUT2D eigenvalue weighted by Crippen LogP contribution is -2.24. The molecule has 0 aliphatic heterocycles. The van der Waals surface area contributed by atoms with E-state index in [2.05, 4.69) is 53.6 Å². The molecule has 4 aromatic rings. The first-order chi connectivity index (χ1) is 16.0. The summed E-state index contributed by atoms with van der Waals surface area (Å²) in [5.41, 5.74) is 5.29. The predicted molar refractivity (Wildman–Crippen MR) is 132 cm³/mol. The number of aromatic nitrogens is 3. The van der Waals surface area contributed by atoms with Crippen LogP contribution in [0.2, 0.25) is 0 Å². The number of carbonyl (C=O) groups is 1. The van der Waals surface area contributed by atoms with Crippen LogP contribution < -0.4 is 10.1 Å². The number of methoxy groups -OCH3 is 1. The number of hydrogen-bond donors (Lipinski definition) is 1. The lowest BCUT2D eigenvalue weighted by Gasteiger charge is -2.11. The van der Waals surface area contributed by atoms with E-state index in [-0.39, 0.29) is 11.7 Å². The second kappa shape index (κ2) is 10.4. The molecule has 0 atom stereocenters. The van der Waals surface area contributed by atoms with Crippen LogP contribution >= 0.6 is 11.8 Å². The Kier molecular flexibility index (Phi) is 7.10. The van der Waals surface area contributed by atoms with Crippen LogP contribution in [0.25, 0.3) is 17.1 Å². The summed E-state index contributed by atoms with van der Waals surface area (Å²) in [6.07, 6.45) is 0. The fourth-order valence-corrected chi connectivity index (χ4v) is 4.17. The van der Waals surface area contributed by atoms with Gasteiger partial charge in [-0.3, -0.25) is 9.36 Å². The average molecular weight is 459 g/mol. The third-order valence-corrected chi connectivity index (χ3v) is 6.11. The maximum Gasteiger partial charge on any atom is 0.230 e. The van der Waals surface area contributed by atoms with Crippen molar-refractivity contribution in [3.8, 4) is 22.8 Å². The molecule has 0 radical (unpaired) electrons. The van der Waals surface area contributed by atoms with Gasteiger partial charge in [-0.2, -0.15) is 0 Å². The quantitative estimate of drug-likeness (QED) is 0.378. The molecule has 0 spiro atoms. The number of ether oxygens (including phenoxy) is 1.